The standard InChI is InChI=1S/C16H29F2N/c1-15(2,3)11-13-5-4-10-19(12-13)14-6-8-16(17,18)9-7-14/h13-14H,4-12H2,1-3H3. The minimum absolute atomic E-state index is 0.0953. The Labute approximate surface area is 116 Å². The van der Waals surface area contributed by atoms with Crippen LogP contribution in [0.4, 0.5) is 8.78 Å². The molecule has 2 fully saturated rings. The summed E-state index contributed by atoms with van der Waals surface area (Å²) in [5, 5.41) is 0. The monoisotopic (exact) mass is 273 g/mol. The van der Waals surface area contributed by atoms with E-state index in [2.05, 4.69) is 25.7 Å². The van der Waals surface area contributed by atoms with E-state index in [9.17, 15) is 8.78 Å². The zero-order chi connectivity index (χ0) is 14.1. The molecular weight excluding hydrogens is 244 g/mol. The summed E-state index contributed by atoms with van der Waals surface area (Å²) < 4.78 is 26.5. The molecule has 2 aliphatic rings. The molecule has 0 bridgehead atoms. The van der Waals surface area contributed by atoms with Gasteiger partial charge in [0.25, 0.3) is 0 Å². The van der Waals surface area contributed by atoms with E-state index in [0.717, 1.165) is 19.0 Å². The van der Waals surface area contributed by atoms with Gasteiger partial charge in [-0.25, -0.2) is 8.78 Å². The van der Waals surface area contributed by atoms with Crippen molar-refractivity contribution < 1.29 is 8.78 Å². The van der Waals surface area contributed by atoms with Gasteiger partial charge in [-0.15, -0.1) is 0 Å². The van der Waals surface area contributed by atoms with E-state index in [1.807, 2.05) is 0 Å². The molecule has 1 aliphatic carbocycles. The molecule has 0 aromatic heterocycles. The highest BCUT2D eigenvalue weighted by atomic mass is 19.3. The fraction of sp³-hybridized carbons (Fsp3) is 1.00. The minimum Gasteiger partial charge on any atom is -0.300 e. The third kappa shape index (κ3) is 4.70. The van der Waals surface area contributed by atoms with E-state index in [0.29, 0.717) is 24.3 Å². The lowest BCUT2D eigenvalue weighted by molar-refractivity contribution is -0.0583. The molecule has 2 rings (SSSR count). The van der Waals surface area contributed by atoms with Gasteiger partial charge in [0.15, 0.2) is 0 Å². The van der Waals surface area contributed by atoms with Gasteiger partial charge in [0.1, 0.15) is 0 Å². The smallest absolute Gasteiger partial charge is 0.248 e. The number of alkyl halides is 2. The van der Waals surface area contributed by atoms with Crippen LogP contribution >= 0.6 is 0 Å². The van der Waals surface area contributed by atoms with E-state index < -0.39 is 5.92 Å². The summed E-state index contributed by atoms with van der Waals surface area (Å²) in [6, 6.07) is 0.419. The summed E-state index contributed by atoms with van der Waals surface area (Å²) >= 11 is 0. The van der Waals surface area contributed by atoms with Crippen LogP contribution in [0, 0.1) is 11.3 Å². The van der Waals surface area contributed by atoms with Crippen molar-refractivity contribution in [2.45, 2.75) is 77.7 Å². The number of rotatable bonds is 2. The molecule has 1 nitrogen and oxygen atoms in total. The van der Waals surface area contributed by atoms with Crippen molar-refractivity contribution in [3.63, 3.8) is 0 Å². The predicted molar refractivity (Wildman–Crippen MR) is 75.6 cm³/mol. The van der Waals surface area contributed by atoms with Gasteiger partial charge in [0.05, 0.1) is 0 Å². The van der Waals surface area contributed by atoms with Crippen LogP contribution in [-0.2, 0) is 0 Å². The Kier molecular flexibility index (Phi) is 4.54. The van der Waals surface area contributed by atoms with E-state index in [4.69, 9.17) is 0 Å². The second-order valence-corrected chi connectivity index (χ2v) is 7.86. The summed E-state index contributed by atoms with van der Waals surface area (Å²) in [5.41, 5.74) is 0.382. The molecule has 1 unspecified atom stereocenters. The molecule has 3 heteroatoms. The summed E-state index contributed by atoms with van der Waals surface area (Å²) in [7, 11) is 0. The molecule has 0 radical (unpaired) electrons. The summed E-state index contributed by atoms with van der Waals surface area (Å²) in [6.45, 7) is 9.15. The lowest BCUT2D eigenvalue weighted by Crippen LogP contribution is -2.46. The quantitative estimate of drug-likeness (QED) is 0.704. The van der Waals surface area contributed by atoms with Crippen LogP contribution in [0.25, 0.3) is 0 Å². The molecule has 0 aromatic carbocycles. The number of likely N-dealkylation sites (tertiary alicyclic amines) is 1. The van der Waals surface area contributed by atoms with Crippen LogP contribution < -0.4 is 0 Å². The maximum Gasteiger partial charge on any atom is 0.248 e. The van der Waals surface area contributed by atoms with Crippen molar-refractivity contribution in [2.75, 3.05) is 13.1 Å². The second kappa shape index (κ2) is 5.67. The van der Waals surface area contributed by atoms with Crippen molar-refractivity contribution >= 4 is 0 Å². The maximum atomic E-state index is 13.2. The van der Waals surface area contributed by atoms with Crippen molar-refractivity contribution in [3.8, 4) is 0 Å². The Morgan fingerprint density at radius 3 is 2.32 bits per heavy atom. The number of hydrogen-bond acceptors (Lipinski definition) is 1. The highest BCUT2D eigenvalue weighted by molar-refractivity contribution is 4.87. The van der Waals surface area contributed by atoms with Crippen LogP contribution in [0.3, 0.4) is 0 Å². The molecule has 0 spiro atoms. The minimum atomic E-state index is -2.39. The van der Waals surface area contributed by atoms with E-state index in [-0.39, 0.29) is 12.8 Å². The molecule has 1 heterocycles. The highest BCUT2D eigenvalue weighted by Crippen LogP contribution is 2.37. The Balaban J connectivity index is 1.84. The summed E-state index contributed by atoms with van der Waals surface area (Å²) in [6.07, 6.45) is 5.39. The van der Waals surface area contributed by atoms with Gasteiger partial charge in [0.2, 0.25) is 5.92 Å². The van der Waals surface area contributed by atoms with Gasteiger partial charge in [-0.1, -0.05) is 20.8 Å². The van der Waals surface area contributed by atoms with Crippen molar-refractivity contribution in [1.82, 2.24) is 4.90 Å². The Morgan fingerprint density at radius 2 is 1.74 bits per heavy atom. The first-order chi connectivity index (χ1) is 8.75. The van der Waals surface area contributed by atoms with E-state index in [1.165, 1.54) is 19.3 Å². The van der Waals surface area contributed by atoms with Gasteiger partial charge < -0.3 is 4.90 Å². The molecule has 0 N–H and O–H groups in total. The molecule has 1 saturated carbocycles. The van der Waals surface area contributed by atoms with Crippen molar-refractivity contribution in [1.29, 1.82) is 0 Å². The second-order valence-electron chi connectivity index (χ2n) is 7.86. The zero-order valence-corrected chi connectivity index (χ0v) is 12.7. The Bertz CT molecular complexity index is 286. The number of piperidine rings is 1. The van der Waals surface area contributed by atoms with Crippen LogP contribution in [-0.4, -0.2) is 30.0 Å². The SMILES string of the molecule is CC(C)(C)CC1CCCN(C2CCC(F)(F)CC2)C1. The Morgan fingerprint density at radius 1 is 1.11 bits per heavy atom. The van der Waals surface area contributed by atoms with Gasteiger partial charge in [0, 0.05) is 25.4 Å². The van der Waals surface area contributed by atoms with Crippen molar-refractivity contribution in [2.24, 2.45) is 11.3 Å². The molecule has 1 aliphatic heterocycles. The van der Waals surface area contributed by atoms with Gasteiger partial charge in [-0.3, -0.25) is 0 Å². The summed E-state index contributed by atoms with van der Waals surface area (Å²) in [4.78, 5) is 2.51. The average molecular weight is 273 g/mol. The fourth-order valence-electron chi connectivity index (χ4n) is 3.85. The third-order valence-corrected chi connectivity index (χ3v) is 4.65. The Hall–Kier alpha value is -0.180. The molecule has 0 amide bonds. The molecule has 1 saturated heterocycles. The molecule has 112 valence electrons. The normalized spacial score (nSPS) is 30.5. The predicted octanol–water partition coefficient (Wildman–Crippen LogP) is 4.71. The average Bonchev–Trinajstić information content (AvgIpc) is 2.27. The molecular formula is C16H29F2N. The lowest BCUT2D eigenvalue weighted by atomic mass is 9.80. The molecule has 19 heavy (non-hydrogen) atoms. The third-order valence-electron chi connectivity index (χ3n) is 4.65. The molecule has 0 aromatic rings. The van der Waals surface area contributed by atoms with Crippen LogP contribution in [0.1, 0.15) is 65.7 Å². The first-order valence-electron chi connectivity index (χ1n) is 7.87. The number of hydrogen-bond donors (Lipinski definition) is 0. The molecule has 1 atom stereocenters. The lowest BCUT2D eigenvalue weighted by Gasteiger charge is -2.42. The fourth-order valence-corrected chi connectivity index (χ4v) is 3.85. The van der Waals surface area contributed by atoms with Gasteiger partial charge >= 0.3 is 0 Å². The highest BCUT2D eigenvalue weighted by Gasteiger charge is 2.38. The largest absolute Gasteiger partial charge is 0.300 e. The first kappa shape index (κ1) is 15.2. The zero-order valence-electron chi connectivity index (χ0n) is 12.7. The van der Waals surface area contributed by atoms with Crippen LogP contribution in [0.15, 0.2) is 0 Å². The van der Waals surface area contributed by atoms with Gasteiger partial charge in [-0.05, 0) is 50.0 Å². The maximum absolute atomic E-state index is 13.2. The topological polar surface area (TPSA) is 3.24 Å². The number of nitrogens with zero attached hydrogens (tertiary/aromatic N) is 1. The van der Waals surface area contributed by atoms with Crippen LogP contribution in [0.5, 0.6) is 0 Å². The van der Waals surface area contributed by atoms with Gasteiger partial charge in [-0.2, -0.15) is 0 Å². The first-order valence-corrected chi connectivity index (χ1v) is 7.87. The van der Waals surface area contributed by atoms with Crippen LogP contribution in [0.2, 0.25) is 0 Å². The number of halogens is 2. The van der Waals surface area contributed by atoms with Crippen molar-refractivity contribution in [3.05, 3.63) is 0 Å². The summed E-state index contributed by atoms with van der Waals surface area (Å²) in [5.74, 6) is -1.63. The van der Waals surface area contributed by atoms with E-state index >= 15 is 0 Å². The van der Waals surface area contributed by atoms with E-state index in [1.54, 1.807) is 0 Å².